The van der Waals surface area contributed by atoms with Gasteiger partial charge < -0.3 is 9.53 Å². The molecule has 0 bridgehead atoms. The van der Waals surface area contributed by atoms with E-state index < -0.39 is 0 Å². The minimum atomic E-state index is -0.325. The molecule has 0 aliphatic carbocycles. The summed E-state index contributed by atoms with van der Waals surface area (Å²) in [4.78, 5) is 13.4. The Bertz CT molecular complexity index is 570. The number of hydrogen-bond acceptors (Lipinski definition) is 3. The molecule has 3 rings (SSSR count). The Morgan fingerprint density at radius 2 is 1.71 bits per heavy atom. The summed E-state index contributed by atoms with van der Waals surface area (Å²) in [6.45, 7) is 2.02. The van der Waals surface area contributed by atoms with Crippen LogP contribution < -0.4 is 0 Å². The minimum absolute atomic E-state index is 0.197. The van der Waals surface area contributed by atoms with Crippen molar-refractivity contribution in [2.75, 3.05) is 13.2 Å². The van der Waals surface area contributed by atoms with Crippen LogP contribution in [0.2, 0.25) is 0 Å². The van der Waals surface area contributed by atoms with Crippen LogP contribution in [0.25, 0.3) is 0 Å². The van der Waals surface area contributed by atoms with E-state index in [1.54, 1.807) is 0 Å². The quantitative estimate of drug-likeness (QED) is 0.807. The summed E-state index contributed by atoms with van der Waals surface area (Å²) in [5, 5.41) is 0. The molecule has 1 aliphatic rings. The van der Waals surface area contributed by atoms with Crippen molar-refractivity contribution in [1.29, 1.82) is 0 Å². The lowest BCUT2D eigenvalue weighted by molar-refractivity contribution is -0.128. The van der Waals surface area contributed by atoms with E-state index in [0.717, 1.165) is 12.8 Å². The lowest BCUT2D eigenvalue weighted by Crippen LogP contribution is -2.44. The van der Waals surface area contributed by atoms with Gasteiger partial charge in [0.05, 0.1) is 12.6 Å². The largest absolute Gasteiger partial charge is 0.367 e. The molecule has 0 amide bonds. The van der Waals surface area contributed by atoms with E-state index in [1.165, 1.54) is 11.1 Å². The fraction of sp³-hybridized carbons (Fsp3) is 0.278. The van der Waals surface area contributed by atoms with Gasteiger partial charge in [-0.15, -0.1) is 0 Å². The Morgan fingerprint density at radius 3 is 2.38 bits per heavy atom. The third-order valence-electron chi connectivity index (χ3n) is 3.89. The van der Waals surface area contributed by atoms with Crippen molar-refractivity contribution in [2.24, 2.45) is 0 Å². The topological polar surface area (TPSA) is 29.5 Å². The number of morpholine rings is 1. The zero-order valence-corrected chi connectivity index (χ0v) is 11.9. The molecular formula is C18H19NO2. The molecule has 0 N–H and O–H groups in total. The second-order valence-electron chi connectivity index (χ2n) is 5.35. The molecule has 0 aromatic heterocycles. The van der Waals surface area contributed by atoms with Gasteiger partial charge in [0.2, 0.25) is 0 Å². The van der Waals surface area contributed by atoms with Crippen molar-refractivity contribution < 1.29 is 9.53 Å². The van der Waals surface area contributed by atoms with E-state index >= 15 is 0 Å². The van der Waals surface area contributed by atoms with Crippen molar-refractivity contribution in [1.82, 2.24) is 4.90 Å². The van der Waals surface area contributed by atoms with Crippen molar-refractivity contribution in [2.45, 2.75) is 18.7 Å². The summed E-state index contributed by atoms with van der Waals surface area (Å²) >= 11 is 0. The molecule has 3 heteroatoms. The van der Waals surface area contributed by atoms with E-state index in [9.17, 15) is 4.79 Å². The summed E-state index contributed by atoms with van der Waals surface area (Å²) < 4.78 is 5.65. The van der Waals surface area contributed by atoms with Gasteiger partial charge in [0, 0.05) is 13.1 Å². The molecule has 0 radical (unpaired) electrons. The number of hydrogen-bond donors (Lipinski definition) is 0. The molecule has 2 atom stereocenters. The highest BCUT2D eigenvalue weighted by Crippen LogP contribution is 2.27. The summed E-state index contributed by atoms with van der Waals surface area (Å²) in [6, 6.07) is 20.9. The third-order valence-corrected chi connectivity index (χ3v) is 3.89. The van der Waals surface area contributed by atoms with Gasteiger partial charge in [-0.25, -0.2) is 0 Å². The average Bonchev–Trinajstić information content (AvgIpc) is 2.56. The minimum Gasteiger partial charge on any atom is -0.367 e. The van der Waals surface area contributed by atoms with Crippen molar-refractivity contribution in [3.63, 3.8) is 0 Å². The molecule has 0 spiro atoms. The molecule has 1 fully saturated rings. The smallest absolute Gasteiger partial charge is 0.150 e. The van der Waals surface area contributed by atoms with Crippen LogP contribution in [0, 0.1) is 0 Å². The molecule has 21 heavy (non-hydrogen) atoms. The van der Waals surface area contributed by atoms with Crippen LogP contribution in [0.15, 0.2) is 60.7 Å². The molecule has 2 aromatic rings. The Labute approximate surface area is 125 Å². The van der Waals surface area contributed by atoms with Gasteiger partial charge in [0.25, 0.3) is 0 Å². The zero-order chi connectivity index (χ0) is 14.5. The Hall–Kier alpha value is -1.97. The van der Waals surface area contributed by atoms with Crippen LogP contribution in [0.1, 0.15) is 17.2 Å². The highest BCUT2D eigenvalue weighted by molar-refractivity contribution is 5.56. The van der Waals surface area contributed by atoms with Crippen molar-refractivity contribution in [3.05, 3.63) is 71.8 Å². The van der Waals surface area contributed by atoms with Gasteiger partial charge in [0.15, 0.2) is 0 Å². The van der Waals surface area contributed by atoms with Crippen LogP contribution in [0.5, 0.6) is 0 Å². The first-order chi connectivity index (χ1) is 10.4. The maximum Gasteiger partial charge on any atom is 0.150 e. The van der Waals surface area contributed by atoms with Crippen LogP contribution in [-0.4, -0.2) is 30.4 Å². The number of rotatable bonds is 4. The summed E-state index contributed by atoms with van der Waals surface area (Å²) in [6.07, 6.45) is 0.577. The third kappa shape index (κ3) is 3.38. The molecular weight excluding hydrogens is 262 g/mol. The van der Waals surface area contributed by atoms with Crippen LogP contribution in [-0.2, 0) is 16.1 Å². The first kappa shape index (κ1) is 14.0. The molecule has 0 saturated carbocycles. The maximum atomic E-state index is 11.0. The maximum absolute atomic E-state index is 11.0. The lowest BCUT2D eigenvalue weighted by atomic mass is 10.0. The molecule has 3 nitrogen and oxygen atoms in total. The highest BCUT2D eigenvalue weighted by atomic mass is 16.5. The number of aldehydes is 1. The number of ether oxygens (including phenoxy) is 1. The van der Waals surface area contributed by atoms with Gasteiger partial charge in [0.1, 0.15) is 12.4 Å². The van der Waals surface area contributed by atoms with E-state index in [2.05, 4.69) is 29.2 Å². The van der Waals surface area contributed by atoms with Crippen molar-refractivity contribution in [3.8, 4) is 0 Å². The van der Waals surface area contributed by atoms with Crippen LogP contribution in [0.4, 0.5) is 0 Å². The van der Waals surface area contributed by atoms with E-state index in [1.807, 2.05) is 36.4 Å². The van der Waals surface area contributed by atoms with Crippen molar-refractivity contribution >= 4 is 6.29 Å². The fourth-order valence-corrected chi connectivity index (χ4v) is 2.79. The normalized spacial score (nSPS) is 22.9. The molecule has 0 unspecified atom stereocenters. The molecule has 108 valence electrons. The number of nitrogens with zero attached hydrogens (tertiary/aromatic N) is 1. The van der Waals surface area contributed by atoms with Crippen LogP contribution >= 0.6 is 0 Å². The second-order valence-corrected chi connectivity index (χ2v) is 5.35. The summed E-state index contributed by atoms with van der Waals surface area (Å²) in [5.41, 5.74) is 2.49. The lowest BCUT2D eigenvalue weighted by Gasteiger charge is -2.38. The molecule has 2 aromatic carbocycles. The fourth-order valence-electron chi connectivity index (χ4n) is 2.79. The predicted molar refractivity (Wildman–Crippen MR) is 81.8 cm³/mol. The number of benzene rings is 2. The number of carbonyl (C=O) groups excluding carboxylic acids is 1. The zero-order valence-electron chi connectivity index (χ0n) is 11.9. The van der Waals surface area contributed by atoms with E-state index in [0.29, 0.717) is 13.2 Å². The summed E-state index contributed by atoms with van der Waals surface area (Å²) in [5.74, 6) is 0. The Balaban J connectivity index is 1.82. The Morgan fingerprint density at radius 1 is 1.05 bits per heavy atom. The second kappa shape index (κ2) is 6.66. The van der Waals surface area contributed by atoms with E-state index in [-0.39, 0.29) is 12.1 Å². The molecule has 1 aliphatic heterocycles. The average molecular weight is 281 g/mol. The first-order valence-corrected chi connectivity index (χ1v) is 7.26. The van der Waals surface area contributed by atoms with Gasteiger partial charge in [-0.2, -0.15) is 0 Å². The van der Waals surface area contributed by atoms with E-state index in [4.69, 9.17) is 4.74 Å². The first-order valence-electron chi connectivity index (χ1n) is 7.26. The monoisotopic (exact) mass is 281 g/mol. The number of carbonyl (C=O) groups is 1. The Kier molecular flexibility index (Phi) is 4.43. The standard InChI is InChI=1S/C18H19NO2/c20-13-17-12-19(11-15-7-3-1-4-8-15)18(14-21-17)16-9-5-2-6-10-16/h1-10,13,17-18H,11-12,14H2/t17-,18-/m0/s1. The van der Waals surface area contributed by atoms with Crippen LogP contribution in [0.3, 0.4) is 0 Å². The molecule has 1 saturated heterocycles. The van der Waals surface area contributed by atoms with Gasteiger partial charge in [-0.3, -0.25) is 4.90 Å². The summed E-state index contributed by atoms with van der Waals surface area (Å²) in [7, 11) is 0. The van der Waals surface area contributed by atoms with Gasteiger partial charge in [-0.05, 0) is 11.1 Å². The van der Waals surface area contributed by atoms with Gasteiger partial charge in [-0.1, -0.05) is 60.7 Å². The SMILES string of the molecule is O=C[C@@H]1CN(Cc2ccccc2)[C@H](c2ccccc2)CO1. The van der Waals surface area contributed by atoms with Gasteiger partial charge >= 0.3 is 0 Å². The highest BCUT2D eigenvalue weighted by Gasteiger charge is 2.29. The molecule has 1 heterocycles. The predicted octanol–water partition coefficient (Wildman–Crippen LogP) is 2.83.